The average Bonchev–Trinajstić information content (AvgIpc) is 2.52. The predicted molar refractivity (Wildman–Crippen MR) is 87.8 cm³/mol. The summed E-state index contributed by atoms with van der Waals surface area (Å²) < 4.78 is 5.38. The van der Waals surface area contributed by atoms with Gasteiger partial charge in [0.05, 0.1) is 13.2 Å². The first-order chi connectivity index (χ1) is 10.3. The van der Waals surface area contributed by atoms with E-state index >= 15 is 0 Å². The van der Waals surface area contributed by atoms with Crippen molar-refractivity contribution in [2.24, 2.45) is 10.9 Å². The quantitative estimate of drug-likeness (QED) is 0.473. The van der Waals surface area contributed by atoms with E-state index in [1.165, 1.54) is 12.8 Å². The lowest BCUT2D eigenvalue weighted by Gasteiger charge is -2.33. The molecule has 2 aliphatic rings. The Bertz CT molecular complexity index is 307. The molecule has 0 unspecified atom stereocenters. The molecule has 122 valence electrons. The first kappa shape index (κ1) is 16.6. The van der Waals surface area contributed by atoms with E-state index in [2.05, 4.69) is 29.0 Å². The lowest BCUT2D eigenvalue weighted by molar-refractivity contribution is 0.0377. The second-order valence-electron chi connectivity index (χ2n) is 6.21. The minimum atomic E-state index is 0.866. The number of piperidine rings is 1. The molecule has 0 aromatic rings. The molecule has 0 aromatic heterocycles. The van der Waals surface area contributed by atoms with Gasteiger partial charge in [-0.15, -0.1) is 0 Å². The van der Waals surface area contributed by atoms with Crippen LogP contribution >= 0.6 is 0 Å². The maximum atomic E-state index is 5.38. The van der Waals surface area contributed by atoms with Gasteiger partial charge >= 0.3 is 0 Å². The number of hydrogen-bond donors (Lipinski definition) is 1. The largest absolute Gasteiger partial charge is 0.379 e. The third-order valence-corrected chi connectivity index (χ3v) is 4.42. The highest BCUT2D eigenvalue weighted by Gasteiger charge is 2.18. The van der Waals surface area contributed by atoms with Gasteiger partial charge in [0.1, 0.15) is 0 Å². The molecule has 0 saturated carbocycles. The van der Waals surface area contributed by atoms with Crippen LogP contribution in [-0.2, 0) is 4.74 Å². The highest BCUT2D eigenvalue weighted by Crippen LogP contribution is 2.15. The smallest absolute Gasteiger partial charge is 0.193 e. The average molecular weight is 296 g/mol. The summed E-state index contributed by atoms with van der Waals surface area (Å²) in [6.07, 6.45) is 3.72. The van der Waals surface area contributed by atoms with E-state index < -0.39 is 0 Å². The molecule has 2 heterocycles. The lowest BCUT2D eigenvalue weighted by Crippen LogP contribution is -2.45. The van der Waals surface area contributed by atoms with Gasteiger partial charge in [0.15, 0.2) is 5.96 Å². The Morgan fingerprint density at radius 2 is 1.90 bits per heavy atom. The standard InChI is InChI=1S/C16H32N4O/c1-3-17-16(20-9-5-15(2)6-10-20)18-7-4-8-19-11-13-21-14-12-19/h15H,3-14H2,1-2H3,(H,17,18). The molecule has 5 nitrogen and oxygen atoms in total. The fraction of sp³-hybridized carbons (Fsp3) is 0.938. The Labute approximate surface area is 129 Å². The zero-order valence-electron chi connectivity index (χ0n) is 13.8. The Balaban J connectivity index is 1.72. The number of nitrogens with zero attached hydrogens (tertiary/aromatic N) is 3. The SMILES string of the molecule is CCNC(=NCCCN1CCOCC1)N1CCC(C)CC1. The maximum absolute atomic E-state index is 5.38. The van der Waals surface area contributed by atoms with Crippen LogP contribution in [0.2, 0.25) is 0 Å². The van der Waals surface area contributed by atoms with Crippen molar-refractivity contribution in [2.75, 3.05) is 59.0 Å². The Kier molecular flexibility index (Phi) is 7.30. The van der Waals surface area contributed by atoms with Crippen LogP contribution in [-0.4, -0.2) is 74.8 Å². The zero-order chi connectivity index (χ0) is 14.9. The summed E-state index contributed by atoms with van der Waals surface area (Å²) in [6.45, 7) is 13.7. The van der Waals surface area contributed by atoms with Crippen LogP contribution in [0, 0.1) is 5.92 Å². The summed E-state index contributed by atoms with van der Waals surface area (Å²) in [7, 11) is 0. The van der Waals surface area contributed by atoms with Gasteiger partial charge in [-0.25, -0.2) is 0 Å². The van der Waals surface area contributed by atoms with Gasteiger partial charge in [-0.3, -0.25) is 9.89 Å². The second-order valence-corrected chi connectivity index (χ2v) is 6.21. The summed E-state index contributed by atoms with van der Waals surface area (Å²) in [5, 5.41) is 3.45. The van der Waals surface area contributed by atoms with Crippen LogP contribution in [0.1, 0.15) is 33.1 Å². The van der Waals surface area contributed by atoms with E-state index in [9.17, 15) is 0 Å². The van der Waals surface area contributed by atoms with E-state index in [-0.39, 0.29) is 0 Å². The first-order valence-electron chi connectivity index (χ1n) is 8.63. The molecule has 2 rings (SSSR count). The fourth-order valence-corrected chi connectivity index (χ4v) is 2.95. The first-order valence-corrected chi connectivity index (χ1v) is 8.63. The van der Waals surface area contributed by atoms with Crippen LogP contribution < -0.4 is 5.32 Å². The molecular weight excluding hydrogens is 264 g/mol. The number of guanidine groups is 1. The van der Waals surface area contributed by atoms with E-state index in [1.807, 2.05) is 0 Å². The van der Waals surface area contributed by atoms with Crippen LogP contribution in [0.15, 0.2) is 4.99 Å². The molecule has 0 bridgehead atoms. The van der Waals surface area contributed by atoms with Gasteiger partial charge < -0.3 is 15.0 Å². The number of likely N-dealkylation sites (tertiary alicyclic amines) is 1. The molecule has 2 saturated heterocycles. The number of ether oxygens (including phenoxy) is 1. The van der Waals surface area contributed by atoms with Crippen LogP contribution in [0.25, 0.3) is 0 Å². The maximum Gasteiger partial charge on any atom is 0.193 e. The molecule has 21 heavy (non-hydrogen) atoms. The van der Waals surface area contributed by atoms with Crippen molar-refractivity contribution in [2.45, 2.75) is 33.1 Å². The molecule has 0 atom stereocenters. The van der Waals surface area contributed by atoms with Crippen molar-refractivity contribution in [1.29, 1.82) is 0 Å². The molecule has 2 fully saturated rings. The Morgan fingerprint density at radius 3 is 2.57 bits per heavy atom. The molecule has 0 aromatic carbocycles. The number of rotatable bonds is 5. The molecule has 2 aliphatic heterocycles. The molecule has 0 radical (unpaired) electrons. The van der Waals surface area contributed by atoms with Crippen molar-refractivity contribution >= 4 is 5.96 Å². The van der Waals surface area contributed by atoms with E-state index in [0.29, 0.717) is 0 Å². The van der Waals surface area contributed by atoms with E-state index in [1.54, 1.807) is 0 Å². The van der Waals surface area contributed by atoms with Crippen LogP contribution in [0.4, 0.5) is 0 Å². The van der Waals surface area contributed by atoms with Crippen molar-refractivity contribution < 1.29 is 4.74 Å². The summed E-state index contributed by atoms with van der Waals surface area (Å²) in [5.74, 6) is 1.98. The van der Waals surface area contributed by atoms with Crippen LogP contribution in [0.3, 0.4) is 0 Å². The van der Waals surface area contributed by atoms with Gasteiger partial charge in [0.25, 0.3) is 0 Å². The van der Waals surface area contributed by atoms with E-state index in [4.69, 9.17) is 9.73 Å². The third kappa shape index (κ3) is 5.83. The van der Waals surface area contributed by atoms with Crippen molar-refractivity contribution in [1.82, 2.24) is 15.1 Å². The summed E-state index contributed by atoms with van der Waals surface area (Å²) >= 11 is 0. The number of nitrogens with one attached hydrogen (secondary N) is 1. The van der Waals surface area contributed by atoms with Gasteiger partial charge in [0.2, 0.25) is 0 Å². The van der Waals surface area contributed by atoms with Crippen LogP contribution in [0.5, 0.6) is 0 Å². The number of aliphatic imine (C=N–C) groups is 1. The van der Waals surface area contributed by atoms with Gasteiger partial charge in [-0.1, -0.05) is 6.92 Å². The molecule has 0 aliphatic carbocycles. The minimum Gasteiger partial charge on any atom is -0.379 e. The lowest BCUT2D eigenvalue weighted by atomic mass is 10.00. The predicted octanol–water partition coefficient (Wildman–Crippen LogP) is 1.41. The number of hydrogen-bond acceptors (Lipinski definition) is 3. The molecule has 0 spiro atoms. The zero-order valence-corrected chi connectivity index (χ0v) is 13.8. The fourth-order valence-electron chi connectivity index (χ4n) is 2.95. The second kappa shape index (κ2) is 9.26. The van der Waals surface area contributed by atoms with Crippen molar-refractivity contribution in [3.05, 3.63) is 0 Å². The summed E-state index contributed by atoms with van der Waals surface area (Å²) in [4.78, 5) is 9.73. The highest BCUT2D eigenvalue weighted by atomic mass is 16.5. The Morgan fingerprint density at radius 1 is 1.19 bits per heavy atom. The molecular formula is C16H32N4O. The summed E-state index contributed by atoms with van der Waals surface area (Å²) in [5.41, 5.74) is 0. The number of morpholine rings is 1. The topological polar surface area (TPSA) is 40.1 Å². The monoisotopic (exact) mass is 296 g/mol. The van der Waals surface area contributed by atoms with Gasteiger partial charge in [-0.05, 0) is 32.1 Å². The van der Waals surface area contributed by atoms with Gasteiger partial charge in [-0.2, -0.15) is 0 Å². The van der Waals surface area contributed by atoms with Crippen molar-refractivity contribution in [3.8, 4) is 0 Å². The third-order valence-electron chi connectivity index (χ3n) is 4.42. The van der Waals surface area contributed by atoms with Crippen molar-refractivity contribution in [3.63, 3.8) is 0 Å². The normalized spacial score (nSPS) is 22.6. The molecule has 0 amide bonds. The highest BCUT2D eigenvalue weighted by molar-refractivity contribution is 5.80. The molecule has 1 N–H and O–H groups in total. The minimum absolute atomic E-state index is 0.866. The van der Waals surface area contributed by atoms with E-state index in [0.717, 1.165) is 77.3 Å². The van der Waals surface area contributed by atoms with Gasteiger partial charge in [0, 0.05) is 45.8 Å². The Hall–Kier alpha value is -0.810. The molecule has 5 heteroatoms. The summed E-state index contributed by atoms with van der Waals surface area (Å²) in [6, 6.07) is 0.